The molecule has 0 saturated heterocycles. The van der Waals surface area contributed by atoms with Gasteiger partial charge in [0.25, 0.3) is 0 Å². The van der Waals surface area contributed by atoms with E-state index < -0.39 is 72.6 Å². The first-order valence-electron chi connectivity index (χ1n) is 10.3. The molecule has 10 N–H and O–H groups in total. The molecule has 1 aromatic rings. The Hall–Kier alpha value is -3.66. The highest BCUT2D eigenvalue weighted by Gasteiger charge is 2.31. The molecule has 0 spiro atoms. The van der Waals surface area contributed by atoms with Crippen LogP contribution in [0.4, 0.5) is 0 Å². The Balaban J connectivity index is 3.05. The third-order valence-electron chi connectivity index (χ3n) is 4.61. The second-order valence-corrected chi connectivity index (χ2v) is 8.44. The number of nitrogens with two attached hydrogens (primary N) is 2. The summed E-state index contributed by atoms with van der Waals surface area (Å²) in [5.74, 6) is -5.90. The van der Waals surface area contributed by atoms with E-state index in [2.05, 4.69) is 25.9 Å². The number of amides is 4. The Morgan fingerprint density at radius 3 is 2.11 bits per heavy atom. The van der Waals surface area contributed by atoms with Crippen LogP contribution in [0.3, 0.4) is 0 Å². The van der Waals surface area contributed by atoms with Gasteiger partial charge in [-0.15, -0.1) is 0 Å². The van der Waals surface area contributed by atoms with Crippen molar-refractivity contribution in [2.75, 3.05) is 12.0 Å². The largest absolute Gasteiger partial charge is 0.481 e. The SMILES string of the molecule is CSCCC(NC(=O)C(N)CC(N)=O)C(=O)NC(Cc1cnc[nH]1)C(=O)NC(CC(=O)O)C(=O)O. The zero-order valence-electron chi connectivity index (χ0n) is 18.9. The van der Waals surface area contributed by atoms with Gasteiger partial charge in [-0.2, -0.15) is 11.8 Å². The van der Waals surface area contributed by atoms with Crippen molar-refractivity contribution in [1.82, 2.24) is 25.9 Å². The van der Waals surface area contributed by atoms with Gasteiger partial charge in [-0.25, -0.2) is 9.78 Å². The maximum absolute atomic E-state index is 13.0. The molecule has 1 heterocycles. The summed E-state index contributed by atoms with van der Waals surface area (Å²) in [5, 5.41) is 25.1. The van der Waals surface area contributed by atoms with Gasteiger partial charge in [0.05, 0.1) is 25.2 Å². The third-order valence-corrected chi connectivity index (χ3v) is 5.25. The summed E-state index contributed by atoms with van der Waals surface area (Å²) in [6, 6.07) is -5.50. The summed E-state index contributed by atoms with van der Waals surface area (Å²) >= 11 is 1.39. The van der Waals surface area contributed by atoms with Gasteiger partial charge in [0.1, 0.15) is 18.1 Å². The molecule has 0 bridgehead atoms. The summed E-state index contributed by atoms with van der Waals surface area (Å²) in [5.41, 5.74) is 11.1. The van der Waals surface area contributed by atoms with E-state index in [9.17, 15) is 33.9 Å². The van der Waals surface area contributed by atoms with E-state index in [0.29, 0.717) is 11.4 Å². The average molecular weight is 516 g/mol. The number of carboxylic acid groups (broad SMARTS) is 2. The summed E-state index contributed by atoms with van der Waals surface area (Å²) < 4.78 is 0. The van der Waals surface area contributed by atoms with E-state index in [1.165, 1.54) is 24.3 Å². The molecule has 15 nitrogen and oxygen atoms in total. The molecule has 1 rings (SSSR count). The van der Waals surface area contributed by atoms with E-state index in [0.717, 1.165) is 0 Å². The number of nitrogens with one attached hydrogen (secondary N) is 4. The molecular formula is C19H29N7O8S. The molecule has 0 aliphatic heterocycles. The Morgan fingerprint density at radius 2 is 1.60 bits per heavy atom. The number of nitrogens with zero attached hydrogens (tertiary/aromatic N) is 1. The number of H-pyrrole nitrogens is 1. The highest BCUT2D eigenvalue weighted by Crippen LogP contribution is 2.06. The second kappa shape index (κ2) is 14.6. The molecule has 4 amide bonds. The lowest BCUT2D eigenvalue weighted by atomic mass is 10.1. The first-order chi connectivity index (χ1) is 16.4. The molecule has 0 aromatic carbocycles. The highest BCUT2D eigenvalue weighted by molar-refractivity contribution is 7.98. The fourth-order valence-electron chi connectivity index (χ4n) is 2.84. The number of carbonyl (C=O) groups excluding carboxylic acids is 4. The normalized spacial score (nSPS) is 14.1. The molecule has 16 heteroatoms. The van der Waals surface area contributed by atoms with E-state index >= 15 is 0 Å². The van der Waals surface area contributed by atoms with Gasteiger partial charge in [0.2, 0.25) is 23.6 Å². The predicted octanol–water partition coefficient (Wildman–Crippen LogP) is -3.08. The van der Waals surface area contributed by atoms with Gasteiger partial charge in [-0.3, -0.25) is 24.0 Å². The third kappa shape index (κ3) is 10.9. The lowest BCUT2D eigenvalue weighted by molar-refractivity contribution is -0.147. The molecule has 4 atom stereocenters. The summed E-state index contributed by atoms with van der Waals surface area (Å²) in [6.45, 7) is 0. The van der Waals surface area contributed by atoms with Crippen molar-refractivity contribution in [2.45, 2.75) is 49.9 Å². The summed E-state index contributed by atoms with van der Waals surface area (Å²) in [6.07, 6.45) is 3.19. The standard InChI is InChI=1S/C19H29N7O8S/c1-35-3-2-11(24-16(30)10(20)5-14(21)27)17(31)25-12(4-9-7-22-8-23-9)18(32)26-13(19(33)34)6-15(28)29/h7-8,10-13H,2-6,20H2,1H3,(H2,21,27)(H,22,23)(H,24,30)(H,25,31)(H,26,32)(H,28,29)(H,33,34). The lowest BCUT2D eigenvalue weighted by Crippen LogP contribution is -2.58. The molecule has 4 unspecified atom stereocenters. The Labute approximate surface area is 204 Å². The molecule has 0 radical (unpaired) electrons. The van der Waals surface area contributed by atoms with Crippen LogP contribution in [0.15, 0.2) is 12.5 Å². The van der Waals surface area contributed by atoms with Gasteiger partial charge in [0.15, 0.2) is 0 Å². The van der Waals surface area contributed by atoms with Crippen LogP contribution in [-0.4, -0.2) is 91.9 Å². The first-order valence-corrected chi connectivity index (χ1v) is 11.7. The zero-order chi connectivity index (χ0) is 26.5. The number of aromatic amines is 1. The lowest BCUT2D eigenvalue weighted by Gasteiger charge is -2.24. The van der Waals surface area contributed by atoms with Gasteiger partial charge in [0, 0.05) is 18.3 Å². The number of aromatic nitrogens is 2. The minimum atomic E-state index is -1.74. The number of thioether (sulfide) groups is 1. The molecule has 0 saturated carbocycles. The summed E-state index contributed by atoms with van der Waals surface area (Å²) in [4.78, 5) is 78.0. The molecule has 0 fully saturated rings. The maximum Gasteiger partial charge on any atom is 0.326 e. The van der Waals surface area contributed by atoms with Crippen LogP contribution in [0, 0.1) is 0 Å². The van der Waals surface area contributed by atoms with Crippen molar-refractivity contribution >= 4 is 47.3 Å². The Morgan fingerprint density at radius 1 is 1.00 bits per heavy atom. The van der Waals surface area contributed by atoms with Crippen LogP contribution in [0.25, 0.3) is 0 Å². The van der Waals surface area contributed by atoms with Crippen LogP contribution < -0.4 is 27.4 Å². The minimum absolute atomic E-state index is 0.138. The number of hydrogen-bond acceptors (Lipinski definition) is 9. The van der Waals surface area contributed by atoms with Crippen LogP contribution in [0.1, 0.15) is 25.0 Å². The Kier molecular flexibility index (Phi) is 12.2. The molecular weight excluding hydrogens is 486 g/mol. The predicted molar refractivity (Wildman–Crippen MR) is 123 cm³/mol. The average Bonchev–Trinajstić information content (AvgIpc) is 3.27. The molecule has 1 aromatic heterocycles. The van der Waals surface area contributed by atoms with Gasteiger partial charge >= 0.3 is 11.9 Å². The van der Waals surface area contributed by atoms with Crippen LogP contribution in [-0.2, 0) is 35.2 Å². The van der Waals surface area contributed by atoms with Gasteiger partial charge < -0.3 is 42.6 Å². The molecule has 35 heavy (non-hydrogen) atoms. The number of hydrogen-bond donors (Lipinski definition) is 8. The number of primary amides is 1. The molecule has 0 aliphatic carbocycles. The second-order valence-electron chi connectivity index (χ2n) is 7.46. The molecule has 0 aliphatic rings. The van der Waals surface area contributed by atoms with E-state index in [-0.39, 0.29) is 12.8 Å². The quantitative estimate of drug-likeness (QED) is 0.109. The van der Waals surface area contributed by atoms with Crippen molar-refractivity contribution in [3.05, 3.63) is 18.2 Å². The van der Waals surface area contributed by atoms with Crippen LogP contribution in [0.5, 0.6) is 0 Å². The zero-order valence-corrected chi connectivity index (χ0v) is 19.7. The maximum atomic E-state index is 13.0. The smallest absolute Gasteiger partial charge is 0.326 e. The fraction of sp³-hybridized carbons (Fsp3) is 0.526. The monoisotopic (exact) mass is 515 g/mol. The van der Waals surface area contributed by atoms with Crippen LogP contribution in [0.2, 0.25) is 0 Å². The number of rotatable bonds is 16. The number of carbonyl (C=O) groups is 6. The van der Waals surface area contributed by atoms with E-state index in [1.807, 2.05) is 0 Å². The van der Waals surface area contributed by atoms with Crippen molar-refractivity contribution in [3.8, 4) is 0 Å². The molecule has 194 valence electrons. The van der Waals surface area contributed by atoms with Crippen molar-refractivity contribution in [1.29, 1.82) is 0 Å². The van der Waals surface area contributed by atoms with Crippen molar-refractivity contribution < 1.29 is 39.0 Å². The van der Waals surface area contributed by atoms with E-state index in [1.54, 1.807) is 6.26 Å². The number of carboxylic acids is 2. The summed E-state index contributed by atoms with van der Waals surface area (Å²) in [7, 11) is 0. The fourth-order valence-corrected chi connectivity index (χ4v) is 3.31. The number of imidazole rings is 1. The van der Waals surface area contributed by atoms with Gasteiger partial charge in [-0.1, -0.05) is 0 Å². The van der Waals surface area contributed by atoms with Crippen molar-refractivity contribution in [2.24, 2.45) is 11.5 Å². The van der Waals surface area contributed by atoms with Gasteiger partial charge in [-0.05, 0) is 18.4 Å². The van der Waals surface area contributed by atoms with Crippen molar-refractivity contribution in [3.63, 3.8) is 0 Å². The first kappa shape index (κ1) is 29.4. The van der Waals surface area contributed by atoms with E-state index in [4.69, 9.17) is 16.6 Å². The Bertz CT molecular complexity index is 911. The topological polar surface area (TPSA) is 260 Å². The van der Waals surface area contributed by atoms with Crippen LogP contribution >= 0.6 is 11.8 Å². The highest BCUT2D eigenvalue weighted by atomic mass is 32.2. The number of aliphatic carboxylic acids is 2. The minimum Gasteiger partial charge on any atom is -0.481 e.